The zero-order valence-electron chi connectivity index (χ0n) is 13.4. The van der Waals surface area contributed by atoms with Gasteiger partial charge in [0.2, 0.25) is 5.95 Å². The fourth-order valence-electron chi connectivity index (χ4n) is 2.41. The Morgan fingerprint density at radius 1 is 1.29 bits per heavy atom. The summed E-state index contributed by atoms with van der Waals surface area (Å²) in [4.78, 5) is 32.7. The third-order valence-electron chi connectivity index (χ3n) is 3.55. The Balaban J connectivity index is 1.97. The second kappa shape index (κ2) is 6.63. The average Bonchev–Trinajstić information content (AvgIpc) is 2.95. The summed E-state index contributed by atoms with van der Waals surface area (Å²) in [6.07, 6.45) is 0.478. The highest BCUT2D eigenvalue weighted by Gasteiger charge is 2.14. The van der Waals surface area contributed by atoms with E-state index in [9.17, 15) is 9.59 Å². The van der Waals surface area contributed by atoms with E-state index in [4.69, 9.17) is 4.74 Å². The fourth-order valence-corrected chi connectivity index (χ4v) is 2.41. The molecule has 1 aromatic carbocycles. The lowest BCUT2D eigenvalue weighted by atomic mass is 10.1. The van der Waals surface area contributed by atoms with E-state index >= 15 is 0 Å². The highest BCUT2D eigenvalue weighted by molar-refractivity contribution is 5.90. The number of carbonyl (C=O) groups excluding carboxylic acids is 1. The van der Waals surface area contributed by atoms with Crippen molar-refractivity contribution in [1.82, 2.24) is 19.6 Å². The molecule has 0 bridgehead atoms. The van der Waals surface area contributed by atoms with Gasteiger partial charge in [-0.1, -0.05) is 30.3 Å². The van der Waals surface area contributed by atoms with Crippen LogP contribution in [0, 0.1) is 6.92 Å². The molecule has 0 saturated heterocycles. The normalized spacial score (nSPS) is 10.9. The van der Waals surface area contributed by atoms with Crippen molar-refractivity contribution in [2.75, 3.05) is 19.0 Å². The molecule has 24 heavy (non-hydrogen) atoms. The third kappa shape index (κ3) is 3.18. The Kier molecular flexibility index (Phi) is 4.39. The number of H-pyrrole nitrogens is 1. The fraction of sp³-hybridized carbons (Fsp3) is 0.250. The summed E-state index contributed by atoms with van der Waals surface area (Å²) in [5.41, 5.74) is 1.98. The monoisotopic (exact) mass is 327 g/mol. The summed E-state index contributed by atoms with van der Waals surface area (Å²) < 4.78 is 5.97. The quantitative estimate of drug-likeness (QED) is 0.725. The van der Waals surface area contributed by atoms with Gasteiger partial charge in [-0.2, -0.15) is 9.50 Å². The van der Waals surface area contributed by atoms with Crippen molar-refractivity contribution in [1.29, 1.82) is 0 Å². The minimum atomic E-state index is -0.370. The maximum atomic E-state index is 12.7. The Morgan fingerprint density at radius 3 is 2.75 bits per heavy atom. The van der Waals surface area contributed by atoms with Crippen molar-refractivity contribution < 1.29 is 9.53 Å². The lowest BCUT2D eigenvalue weighted by molar-refractivity contribution is -0.119. The molecule has 2 heterocycles. The summed E-state index contributed by atoms with van der Waals surface area (Å²) in [5.74, 6) is -0.00854. The molecule has 2 N–H and O–H groups in total. The molecule has 3 rings (SSSR count). The second-order valence-electron chi connectivity index (χ2n) is 5.33. The molecule has 0 spiro atoms. The van der Waals surface area contributed by atoms with E-state index in [1.165, 1.54) is 11.6 Å². The first-order chi connectivity index (χ1) is 11.6. The van der Waals surface area contributed by atoms with E-state index in [1.807, 2.05) is 30.3 Å². The van der Waals surface area contributed by atoms with Gasteiger partial charge in [0, 0.05) is 19.1 Å². The summed E-state index contributed by atoms with van der Waals surface area (Å²) in [6, 6.07) is 9.69. The van der Waals surface area contributed by atoms with Gasteiger partial charge in [0.15, 0.2) is 0 Å². The lowest BCUT2D eigenvalue weighted by Crippen LogP contribution is -2.22. The standard InChI is InChI=1S/C16H17N5O3/c1-10-12(8-11-6-4-3-5-7-11)14(23)21-16(17-10)19-15(20-21)18-13(22)9-24-2/h3-7H,8-9H2,1-2H3,(H2,17,18,19,20,22). The lowest BCUT2D eigenvalue weighted by Gasteiger charge is -2.04. The van der Waals surface area contributed by atoms with Crippen molar-refractivity contribution >= 4 is 17.6 Å². The van der Waals surface area contributed by atoms with Crippen LogP contribution in [-0.4, -0.2) is 39.2 Å². The van der Waals surface area contributed by atoms with E-state index in [0.717, 1.165) is 5.56 Å². The SMILES string of the molecule is COCC(=O)Nc1nc2nc(C)c(Cc3ccccc3)c(=O)n2[nH]1. The molecule has 0 fully saturated rings. The van der Waals surface area contributed by atoms with Crippen LogP contribution in [0.4, 0.5) is 5.95 Å². The van der Waals surface area contributed by atoms with E-state index in [-0.39, 0.29) is 29.8 Å². The summed E-state index contributed by atoms with van der Waals surface area (Å²) in [5, 5.41) is 5.27. The van der Waals surface area contributed by atoms with Crippen molar-refractivity contribution in [3.8, 4) is 0 Å². The predicted molar refractivity (Wildman–Crippen MR) is 88.1 cm³/mol. The number of hydrogen-bond acceptors (Lipinski definition) is 5. The molecule has 0 radical (unpaired) electrons. The number of methoxy groups -OCH3 is 1. The van der Waals surface area contributed by atoms with Gasteiger partial charge in [-0.15, -0.1) is 0 Å². The number of benzene rings is 1. The summed E-state index contributed by atoms with van der Waals surface area (Å²) in [6.45, 7) is 1.68. The largest absolute Gasteiger partial charge is 0.375 e. The Morgan fingerprint density at radius 2 is 2.04 bits per heavy atom. The number of fused-ring (bicyclic) bond motifs is 1. The number of rotatable bonds is 5. The molecule has 1 amide bonds. The third-order valence-corrected chi connectivity index (χ3v) is 3.55. The molecule has 0 aliphatic carbocycles. The van der Waals surface area contributed by atoms with Crippen LogP contribution in [-0.2, 0) is 16.0 Å². The highest BCUT2D eigenvalue weighted by Crippen LogP contribution is 2.10. The Hall–Kier alpha value is -3.00. The maximum absolute atomic E-state index is 12.7. The number of aromatic amines is 1. The number of hydrogen-bond donors (Lipinski definition) is 2. The number of ether oxygens (including phenoxy) is 1. The smallest absolute Gasteiger partial charge is 0.277 e. The van der Waals surface area contributed by atoms with Gasteiger partial charge in [-0.3, -0.25) is 20.0 Å². The topological polar surface area (TPSA) is 101 Å². The van der Waals surface area contributed by atoms with Crippen molar-refractivity contribution in [2.45, 2.75) is 13.3 Å². The molecule has 8 heteroatoms. The molecule has 2 aromatic heterocycles. The molecular formula is C16H17N5O3. The molecule has 124 valence electrons. The summed E-state index contributed by atoms with van der Waals surface area (Å²) in [7, 11) is 1.42. The van der Waals surface area contributed by atoms with Crippen LogP contribution in [0.15, 0.2) is 35.1 Å². The Bertz CT molecular complexity index is 930. The number of nitrogens with zero attached hydrogens (tertiary/aromatic N) is 3. The highest BCUT2D eigenvalue weighted by atomic mass is 16.5. The first kappa shape index (κ1) is 15.9. The van der Waals surface area contributed by atoms with Crippen LogP contribution in [0.1, 0.15) is 16.8 Å². The average molecular weight is 327 g/mol. The van der Waals surface area contributed by atoms with E-state index < -0.39 is 0 Å². The number of amides is 1. The zero-order chi connectivity index (χ0) is 17.1. The van der Waals surface area contributed by atoms with Gasteiger partial charge < -0.3 is 4.74 Å². The van der Waals surface area contributed by atoms with Gasteiger partial charge in [-0.25, -0.2) is 4.98 Å². The number of aromatic nitrogens is 4. The first-order valence-corrected chi connectivity index (χ1v) is 7.39. The minimum Gasteiger partial charge on any atom is -0.375 e. The molecule has 0 saturated carbocycles. The molecule has 8 nitrogen and oxygen atoms in total. The molecule has 0 atom stereocenters. The predicted octanol–water partition coefficient (Wildman–Crippen LogP) is 0.902. The van der Waals surface area contributed by atoms with Gasteiger partial charge in [0.25, 0.3) is 17.2 Å². The Labute approximate surface area is 137 Å². The van der Waals surface area contributed by atoms with Crippen LogP contribution >= 0.6 is 0 Å². The number of aryl methyl sites for hydroxylation is 1. The van der Waals surface area contributed by atoms with Crippen molar-refractivity contribution in [3.63, 3.8) is 0 Å². The van der Waals surface area contributed by atoms with E-state index in [0.29, 0.717) is 17.7 Å². The van der Waals surface area contributed by atoms with Gasteiger partial charge in [0.1, 0.15) is 6.61 Å². The molecule has 3 aromatic rings. The maximum Gasteiger partial charge on any atom is 0.277 e. The van der Waals surface area contributed by atoms with Crippen molar-refractivity contribution in [2.24, 2.45) is 0 Å². The van der Waals surface area contributed by atoms with Gasteiger partial charge in [-0.05, 0) is 12.5 Å². The molecular weight excluding hydrogens is 310 g/mol. The first-order valence-electron chi connectivity index (χ1n) is 7.39. The van der Waals surface area contributed by atoms with E-state index in [2.05, 4.69) is 20.4 Å². The minimum absolute atomic E-state index is 0.0995. The molecule has 0 aliphatic rings. The van der Waals surface area contributed by atoms with Crippen LogP contribution in [0.2, 0.25) is 0 Å². The molecule has 0 aliphatic heterocycles. The van der Waals surface area contributed by atoms with Crippen LogP contribution in [0.5, 0.6) is 0 Å². The van der Waals surface area contributed by atoms with Gasteiger partial charge in [0.05, 0.1) is 5.69 Å². The number of nitrogens with one attached hydrogen (secondary N) is 2. The number of carbonyl (C=O) groups is 1. The van der Waals surface area contributed by atoms with Crippen LogP contribution in [0.3, 0.4) is 0 Å². The van der Waals surface area contributed by atoms with E-state index in [1.54, 1.807) is 6.92 Å². The summed E-state index contributed by atoms with van der Waals surface area (Å²) >= 11 is 0. The van der Waals surface area contributed by atoms with Crippen molar-refractivity contribution in [3.05, 3.63) is 57.5 Å². The molecule has 0 unspecified atom stereocenters. The van der Waals surface area contributed by atoms with Gasteiger partial charge >= 0.3 is 0 Å². The van der Waals surface area contributed by atoms with Crippen LogP contribution < -0.4 is 10.9 Å². The number of anilines is 1. The zero-order valence-corrected chi connectivity index (χ0v) is 13.4. The van der Waals surface area contributed by atoms with Crippen LogP contribution in [0.25, 0.3) is 5.78 Å². The second-order valence-corrected chi connectivity index (χ2v) is 5.33.